The highest BCUT2D eigenvalue weighted by atomic mass is 16.6. The van der Waals surface area contributed by atoms with Crippen LogP contribution < -0.4 is 31.9 Å². The highest BCUT2D eigenvalue weighted by Crippen LogP contribution is 2.29. The number of carbonyl (C=O) groups is 6. The van der Waals surface area contributed by atoms with Crippen molar-refractivity contribution in [3.8, 4) is 0 Å². The van der Waals surface area contributed by atoms with E-state index < -0.39 is 206 Å². The number of aromatic nitrogens is 6. The van der Waals surface area contributed by atoms with Gasteiger partial charge in [0, 0.05) is 183 Å². The molecular formula is C96H126N18O12. The van der Waals surface area contributed by atoms with E-state index >= 15 is 0 Å². The number of amides is 6. The van der Waals surface area contributed by atoms with E-state index in [9.17, 15) is 28.8 Å². The van der Waals surface area contributed by atoms with Gasteiger partial charge in [-0.05, 0) is 301 Å². The first kappa shape index (κ1) is 51.5. The molecule has 126 heavy (non-hydrogen) atoms. The molecule has 0 aliphatic carbocycles. The molecule has 6 fully saturated rings. The molecule has 0 bridgehead atoms. The van der Waals surface area contributed by atoms with Crippen molar-refractivity contribution >= 4 is 102 Å². The summed E-state index contributed by atoms with van der Waals surface area (Å²) in [6, 6.07) is 26.6. The number of benzene rings is 6. The Labute approximate surface area is 795 Å². The van der Waals surface area contributed by atoms with Crippen molar-refractivity contribution in [2.45, 2.75) is 113 Å². The first-order chi connectivity index (χ1) is 76.8. The van der Waals surface area contributed by atoms with E-state index in [2.05, 4.69) is 90.2 Å². The topological polar surface area (TPSA) is 344 Å². The van der Waals surface area contributed by atoms with Crippen LogP contribution >= 0.6 is 0 Å². The number of carbonyl (C=O) groups excluding carboxylic acids is 6. The van der Waals surface area contributed by atoms with Crippen molar-refractivity contribution < 1.29 is 115 Å². The van der Waals surface area contributed by atoms with Crippen molar-refractivity contribution in [2.75, 3.05) is 163 Å². The lowest BCUT2D eigenvalue weighted by molar-refractivity contribution is 0.176. The van der Waals surface area contributed by atoms with Crippen LogP contribution in [0.2, 0.25) is 0 Å². The summed E-state index contributed by atoms with van der Waals surface area (Å²) in [4.78, 5) is 91.1. The normalized spacial score (nSPS) is 26.9. The third kappa shape index (κ3) is 26.5. The molecule has 6 aromatic carbocycles. The van der Waals surface area contributed by atoms with Crippen molar-refractivity contribution in [1.82, 2.24) is 91.2 Å². The minimum absolute atomic E-state index is 0.0672. The molecule has 0 saturated carbocycles. The summed E-state index contributed by atoms with van der Waals surface area (Å²) in [7, 11) is 9.61. The minimum atomic E-state index is -3.18. The molecule has 18 rings (SSSR count). The molecule has 0 unspecified atom stereocenters. The van der Waals surface area contributed by atoms with Crippen LogP contribution in [-0.2, 0) is 105 Å². The van der Waals surface area contributed by atoms with Gasteiger partial charge in [-0.1, -0.05) is 36.4 Å². The predicted octanol–water partition coefficient (Wildman–Crippen LogP) is 11.5. The maximum Gasteiger partial charge on any atom is 0.407 e. The molecule has 6 saturated heterocycles. The lowest BCUT2D eigenvalue weighted by atomic mass is 10.0. The number of hydrogen-bond acceptors (Lipinski definition) is 18. The molecule has 6 atom stereocenters. The van der Waals surface area contributed by atoms with Crippen LogP contribution in [0.4, 0.5) is 28.8 Å². The second-order valence-electron chi connectivity index (χ2n) is 30.3. The lowest BCUT2D eigenvalue weighted by Gasteiger charge is -2.09. The minimum Gasteiger partial charge on any atom is -0.447 e. The number of fused-ring (bicyclic) bond motifs is 6. The lowest BCUT2D eigenvalue weighted by Crippen LogP contribution is -2.28. The number of rotatable bonds is 30. The highest BCUT2D eigenvalue weighted by molar-refractivity contribution is 5.88. The second-order valence-corrected chi connectivity index (χ2v) is 30.3. The third-order valence-corrected chi connectivity index (χ3v) is 19.9. The first-order valence-corrected chi connectivity index (χ1v) is 39.7. The highest BCUT2D eigenvalue weighted by Gasteiger charge is 2.29. The molecule has 0 spiro atoms. The molecular weight excluding hydrogens is 1600 g/mol. The number of ether oxygens (including phenoxy) is 6. The van der Waals surface area contributed by atoms with Gasteiger partial charge in [0.25, 0.3) is 0 Å². The Hall–Kier alpha value is -12.1. The number of nitrogens with zero attached hydrogens (tertiary/aromatic N) is 6. The maximum absolute atomic E-state index is 11.4. The maximum atomic E-state index is 11.4. The van der Waals surface area contributed by atoms with E-state index in [0.717, 1.165) is 59.4 Å². The second kappa shape index (κ2) is 43.7. The number of hydrogen-bond donors (Lipinski definition) is 12. The molecule has 30 nitrogen and oxygen atoms in total. The van der Waals surface area contributed by atoms with Gasteiger partial charge in [-0.2, -0.15) is 0 Å². The van der Waals surface area contributed by atoms with Crippen LogP contribution in [0.3, 0.4) is 0 Å². The Balaban J connectivity index is 0.000000166. The van der Waals surface area contributed by atoms with Crippen molar-refractivity contribution in [3.63, 3.8) is 0 Å². The van der Waals surface area contributed by atoms with Gasteiger partial charge in [0.15, 0.2) is 0 Å². The Morgan fingerprint density at radius 1 is 0.286 bits per heavy atom. The average molecular weight is 1770 g/mol. The van der Waals surface area contributed by atoms with Gasteiger partial charge < -0.3 is 120 Å². The number of nitrogens with one attached hydrogen (secondary N) is 12. The average Bonchev–Trinajstić information content (AvgIpc) is 1.75. The van der Waals surface area contributed by atoms with Crippen LogP contribution in [0.25, 0.3) is 65.4 Å². The summed E-state index contributed by atoms with van der Waals surface area (Å²) in [6.45, 7) is -37.4. The number of aromatic amines is 6. The van der Waals surface area contributed by atoms with Gasteiger partial charge in [-0.15, -0.1) is 0 Å². The fraction of sp³-hybridized carbons (Fsp3) is 0.438. The Morgan fingerprint density at radius 3 is 0.722 bits per heavy atom. The summed E-state index contributed by atoms with van der Waals surface area (Å²) in [6.07, 6.45) is -0.553. The first-order valence-electron chi connectivity index (χ1n) is 60.7. The summed E-state index contributed by atoms with van der Waals surface area (Å²) >= 11 is 0. The Kier molecular flexibility index (Phi) is 17.9. The SMILES string of the molecule is [2H]C([2H])(CN(C([2H])([2H])[2H])C([2H])([2H])[2H])c1c[nH]c2ccc(C[C@@H]3NC(=O)OC3([2H])[2H])cc12.[2H]C([2H])(CN(C)C([2H])([2H])[2H])c1c[nH]c2ccc(C[C@@H]3NC(=O)OC3([2H])[2H])cc12.[2H]C([2H])(CN(C)C)c1c[nH]c2ccc(C[C@@H]3NC(=O)OC3([2H])[2H])cc12.[2H]C1([2H])OC(=O)N[C@H]1Cc1ccc2[nH]cc(CC([2H])([2H])N(C([2H])([2H])[2H])C([2H])([2H])[2H])c2c1.[2H]C1([2H])OC(=O)N[C@H]1Cc1ccc2[nH]cc(CC([2H])([2H])N(C)C([2H])([2H])[2H])c2c1.[2H]C1([2H])OC(=O)N[C@H]1Cc1ccc2[nH]cc(CC([2H])([2H])N(C)C)c2c1. The van der Waals surface area contributed by atoms with E-state index in [1.54, 1.807) is 110 Å². The zero-order valence-corrected chi connectivity index (χ0v) is 69.4. The Bertz CT molecular complexity index is 7600. The van der Waals surface area contributed by atoms with E-state index in [-0.39, 0.29) is 73.4 Å². The van der Waals surface area contributed by atoms with Crippen LogP contribution in [-0.4, -0.2) is 295 Å². The number of aryl methyl sites for hydroxylation is 3. The molecule has 0 radical (unpaired) electrons. The number of H-pyrrole nitrogens is 6. The van der Waals surface area contributed by atoms with E-state index in [0.29, 0.717) is 83.5 Å². The fourth-order valence-electron chi connectivity index (χ4n) is 14.0. The third-order valence-electron chi connectivity index (χ3n) is 19.9. The Morgan fingerprint density at radius 2 is 0.500 bits per heavy atom. The summed E-state index contributed by atoms with van der Waals surface area (Å²) in [5.74, 6) is 0. The van der Waals surface area contributed by atoms with Crippen LogP contribution in [0.15, 0.2) is 146 Å². The van der Waals surface area contributed by atoms with Crippen LogP contribution in [0, 0.1) is 0 Å². The van der Waals surface area contributed by atoms with Gasteiger partial charge in [0.2, 0.25) is 0 Å². The molecule has 6 aromatic heterocycles. The van der Waals surface area contributed by atoms with E-state index in [1.165, 1.54) is 37.6 Å². The fourth-order valence-corrected chi connectivity index (χ4v) is 14.0. The monoisotopic (exact) mass is 1770 g/mol. The molecule has 12 N–H and O–H groups in total. The molecule has 12 heterocycles. The predicted molar refractivity (Wildman–Crippen MR) is 495 cm³/mol. The quantitative estimate of drug-likeness (QED) is 0.0186. The number of cyclic esters (lactones) is 6. The van der Waals surface area contributed by atoms with Crippen LogP contribution in [0.1, 0.15) is 124 Å². The van der Waals surface area contributed by atoms with Crippen molar-refractivity contribution in [3.05, 3.63) is 213 Å². The molecule has 30 heteroatoms. The van der Waals surface area contributed by atoms with Gasteiger partial charge in [-0.3, -0.25) is 0 Å². The summed E-state index contributed by atoms with van der Waals surface area (Å²) in [5, 5.41) is 18.5. The molecule has 12 aromatic rings. The molecule has 6 amide bonds. The molecule has 672 valence electrons. The molecule has 6 aliphatic rings. The number of likely N-dealkylation sites (N-methyl/N-ethyl adjacent to an activating group) is 6. The zero-order valence-electron chi connectivity index (χ0n) is 111. The largest absolute Gasteiger partial charge is 0.447 e. The smallest absolute Gasteiger partial charge is 0.407 e. The van der Waals surface area contributed by atoms with E-state index in [1.807, 2.05) is 50.5 Å². The number of alkyl carbamates (subject to hydrolysis) is 6. The van der Waals surface area contributed by atoms with Crippen molar-refractivity contribution in [2.24, 2.45) is 0 Å². The summed E-state index contributed by atoms with van der Waals surface area (Å²) in [5.41, 5.74) is 11.3. The standard InChI is InChI=1S/6C16H21N3O2/c6*1-19(2)6-5-12-9-17-15-4-3-11(8-14(12)15)7-13-10-21-16(20)18-13/h6*3-4,8-9,13,17H,5-7,10H2,1-2H3,(H,18,20)/t6*13-/m000000/s1/i1D3,2D3,6D2,10D2;1D3,2D3,5D2,10D2;1D3,6D2,10D2;1D3,5D2,10D2;6D2,10D2;5D2,10D2. The molecule has 6 aliphatic heterocycles. The van der Waals surface area contributed by atoms with Gasteiger partial charge in [-0.25, -0.2) is 28.8 Å². The van der Waals surface area contributed by atoms with E-state index in [4.69, 9.17) is 57.6 Å². The van der Waals surface area contributed by atoms with Crippen LogP contribution in [0.5, 0.6) is 0 Å². The van der Waals surface area contributed by atoms with Gasteiger partial charge in [0.1, 0.15) is 39.4 Å². The zero-order chi connectivity index (χ0) is 125. The summed E-state index contributed by atoms with van der Waals surface area (Å²) < 4.78 is 354. The van der Waals surface area contributed by atoms with Gasteiger partial charge in [0.05, 0.1) is 52.7 Å². The van der Waals surface area contributed by atoms with Gasteiger partial charge >= 0.3 is 36.6 Å². The van der Waals surface area contributed by atoms with Crippen molar-refractivity contribution in [1.29, 1.82) is 0 Å².